The van der Waals surface area contributed by atoms with E-state index in [1.54, 1.807) is 12.1 Å². The average Bonchev–Trinajstić information content (AvgIpc) is 2.77. The van der Waals surface area contributed by atoms with Crippen LogP contribution in [0.25, 0.3) is 0 Å². The monoisotopic (exact) mass is 445 g/mol. The van der Waals surface area contributed by atoms with Gasteiger partial charge in [0.15, 0.2) is 0 Å². The third kappa shape index (κ3) is 4.47. The number of carboxylic acid groups (broad SMARTS) is 1. The van der Waals surface area contributed by atoms with Crippen LogP contribution in [0.1, 0.15) is 29.2 Å². The highest BCUT2D eigenvalue weighted by Gasteiger charge is 2.38. The molecule has 0 aliphatic carbocycles. The molecule has 0 saturated carbocycles. The van der Waals surface area contributed by atoms with Gasteiger partial charge in [0.2, 0.25) is 0 Å². The van der Waals surface area contributed by atoms with Gasteiger partial charge in [-0.1, -0.05) is 36.0 Å². The van der Waals surface area contributed by atoms with Crippen molar-refractivity contribution in [2.24, 2.45) is 0 Å². The first-order valence-corrected chi connectivity index (χ1v) is 9.12. The largest absolute Gasteiger partial charge is 0.496 e. The number of carboxylic acids is 1. The van der Waals surface area contributed by atoms with Crippen LogP contribution in [-0.2, 0) is 15.7 Å². The van der Waals surface area contributed by atoms with Gasteiger partial charge < -0.3 is 19.9 Å². The molecule has 0 unspecified atom stereocenters. The first kappa shape index (κ1) is 21.4. The maximum atomic E-state index is 13.5. The van der Waals surface area contributed by atoms with Crippen LogP contribution in [0.4, 0.5) is 18.9 Å². The Morgan fingerprint density at radius 3 is 2.66 bits per heavy atom. The summed E-state index contributed by atoms with van der Waals surface area (Å²) in [6.07, 6.45) is -7.29. The molecule has 0 fully saturated rings. The second-order valence-corrected chi connectivity index (χ2v) is 7.13. The Morgan fingerprint density at radius 2 is 2.03 bits per heavy atom. The summed E-state index contributed by atoms with van der Waals surface area (Å²) in [6.45, 7) is 0. The van der Waals surface area contributed by atoms with Gasteiger partial charge in [0.05, 0.1) is 19.1 Å². The van der Waals surface area contributed by atoms with Crippen LogP contribution in [-0.4, -0.2) is 29.3 Å². The van der Waals surface area contributed by atoms with Crippen molar-refractivity contribution in [3.63, 3.8) is 0 Å². The summed E-state index contributed by atoms with van der Waals surface area (Å²) >= 11 is 11.3. The lowest BCUT2D eigenvalue weighted by Gasteiger charge is -2.25. The minimum Gasteiger partial charge on any atom is -0.496 e. The second-order valence-electron chi connectivity index (χ2n) is 6.25. The number of benzene rings is 2. The number of para-hydroxylation sites is 1. The molecule has 2 N–H and O–H groups in total. The van der Waals surface area contributed by atoms with Crippen LogP contribution < -0.4 is 10.1 Å². The molecule has 2 atom stereocenters. The molecule has 2 aromatic rings. The van der Waals surface area contributed by atoms with E-state index in [9.17, 15) is 23.1 Å². The van der Waals surface area contributed by atoms with Gasteiger partial charge in [-0.3, -0.25) is 4.79 Å². The van der Waals surface area contributed by atoms with Crippen molar-refractivity contribution in [1.29, 1.82) is 0 Å². The number of alkyl halides is 3. The number of methoxy groups -OCH3 is 1. The summed E-state index contributed by atoms with van der Waals surface area (Å²) < 4.78 is 51.4. The Bertz CT molecular complexity index is 967. The Hall–Kier alpha value is -2.36. The maximum Gasteiger partial charge on any atom is 0.419 e. The molecule has 5 nitrogen and oxygen atoms in total. The SMILES string of the molecule is COc1c([C@H]2O[C@H](CC(=O)O)C(=S)Nc3ccc(Cl)cc32)cccc1C(F)(F)F. The number of anilines is 1. The van der Waals surface area contributed by atoms with Gasteiger partial charge >= 0.3 is 12.1 Å². The van der Waals surface area contributed by atoms with Gasteiger partial charge in [0, 0.05) is 21.8 Å². The van der Waals surface area contributed by atoms with E-state index in [2.05, 4.69) is 5.32 Å². The van der Waals surface area contributed by atoms with Crippen LogP contribution in [0, 0.1) is 0 Å². The predicted octanol–water partition coefficient (Wildman–Crippen LogP) is 5.07. The van der Waals surface area contributed by atoms with Gasteiger partial charge in [-0.05, 0) is 24.3 Å². The average molecular weight is 446 g/mol. The van der Waals surface area contributed by atoms with Gasteiger partial charge in [0.25, 0.3) is 0 Å². The highest BCUT2D eigenvalue weighted by atomic mass is 35.5. The van der Waals surface area contributed by atoms with E-state index in [1.807, 2.05) is 0 Å². The summed E-state index contributed by atoms with van der Waals surface area (Å²) in [5.74, 6) is -1.59. The molecule has 0 amide bonds. The predicted molar refractivity (Wildman–Crippen MR) is 105 cm³/mol. The van der Waals surface area contributed by atoms with Crippen LogP contribution >= 0.6 is 23.8 Å². The summed E-state index contributed by atoms with van der Waals surface area (Å²) in [4.78, 5) is 11.3. The van der Waals surface area contributed by atoms with E-state index in [0.717, 1.165) is 13.2 Å². The van der Waals surface area contributed by atoms with Crippen molar-refractivity contribution in [3.05, 3.63) is 58.1 Å². The molecule has 3 rings (SSSR count). The molecular weight excluding hydrogens is 431 g/mol. The Kier molecular flexibility index (Phi) is 6.02. The molecule has 1 aliphatic rings. The third-order valence-corrected chi connectivity index (χ3v) is 4.94. The Balaban J connectivity index is 2.21. The molecule has 10 heteroatoms. The van der Waals surface area contributed by atoms with Gasteiger partial charge in [-0.15, -0.1) is 0 Å². The minimum absolute atomic E-state index is 0.0766. The number of carbonyl (C=O) groups is 1. The lowest BCUT2D eigenvalue weighted by molar-refractivity contribution is -0.139. The second kappa shape index (κ2) is 8.17. The number of nitrogens with one attached hydrogen (secondary N) is 1. The maximum absolute atomic E-state index is 13.5. The fourth-order valence-electron chi connectivity index (χ4n) is 3.13. The lowest BCUT2D eigenvalue weighted by Crippen LogP contribution is -2.30. The molecule has 0 bridgehead atoms. The highest BCUT2D eigenvalue weighted by Crippen LogP contribution is 2.45. The number of fused-ring (bicyclic) bond motifs is 1. The topological polar surface area (TPSA) is 67.8 Å². The first-order chi connectivity index (χ1) is 13.6. The highest BCUT2D eigenvalue weighted by molar-refractivity contribution is 7.80. The lowest BCUT2D eigenvalue weighted by atomic mass is 9.96. The van der Waals surface area contributed by atoms with Crippen molar-refractivity contribution in [2.75, 3.05) is 12.4 Å². The quantitative estimate of drug-likeness (QED) is 0.640. The molecule has 2 aromatic carbocycles. The summed E-state index contributed by atoms with van der Waals surface area (Å²) in [7, 11) is 1.13. The van der Waals surface area contributed by atoms with E-state index in [4.69, 9.17) is 33.3 Å². The number of ether oxygens (including phenoxy) is 2. The minimum atomic E-state index is -4.66. The molecule has 29 heavy (non-hydrogen) atoms. The van der Waals surface area contributed by atoms with E-state index >= 15 is 0 Å². The Morgan fingerprint density at radius 1 is 1.31 bits per heavy atom. The number of rotatable bonds is 4. The van der Waals surface area contributed by atoms with Crippen molar-refractivity contribution in [1.82, 2.24) is 0 Å². The molecule has 1 aliphatic heterocycles. The number of thiocarbonyl (C=S) groups is 1. The number of hydrogen-bond donors (Lipinski definition) is 2. The number of aliphatic carboxylic acids is 1. The zero-order valence-electron chi connectivity index (χ0n) is 14.9. The third-order valence-electron chi connectivity index (χ3n) is 4.34. The smallest absolute Gasteiger partial charge is 0.419 e. The van der Waals surface area contributed by atoms with Crippen LogP contribution in [0.3, 0.4) is 0 Å². The number of hydrogen-bond acceptors (Lipinski definition) is 4. The van der Waals surface area contributed by atoms with Gasteiger partial charge in [0.1, 0.15) is 22.9 Å². The van der Waals surface area contributed by atoms with Crippen molar-refractivity contribution >= 4 is 40.5 Å². The van der Waals surface area contributed by atoms with Crippen LogP contribution in [0.2, 0.25) is 5.02 Å². The molecule has 0 radical (unpaired) electrons. The van der Waals surface area contributed by atoms with Crippen molar-refractivity contribution < 1.29 is 32.5 Å². The Labute approximate surface area is 174 Å². The standard InChI is InChI=1S/C19H15ClF3NO4S/c1-27-17-10(3-2-4-12(17)19(21,22)23)16-11-7-9(20)5-6-13(11)24-18(29)14(28-16)8-15(25)26/h2-7,14,16H,8H2,1H3,(H,24,29)(H,25,26)/t14-,16-/m1/s1. The molecule has 1 heterocycles. The normalized spacial score (nSPS) is 19.1. The summed E-state index contributed by atoms with van der Waals surface area (Å²) in [5.41, 5.74) is -0.0332. The van der Waals surface area contributed by atoms with E-state index < -0.39 is 42.1 Å². The zero-order valence-corrected chi connectivity index (χ0v) is 16.5. The first-order valence-electron chi connectivity index (χ1n) is 8.33. The summed E-state index contributed by atoms with van der Waals surface area (Å²) in [5, 5.41) is 12.4. The zero-order chi connectivity index (χ0) is 21.3. The number of halogens is 4. The van der Waals surface area contributed by atoms with E-state index in [1.165, 1.54) is 18.2 Å². The van der Waals surface area contributed by atoms with Gasteiger partial charge in [-0.25, -0.2) is 0 Å². The summed E-state index contributed by atoms with van der Waals surface area (Å²) in [6, 6.07) is 8.26. The van der Waals surface area contributed by atoms with E-state index in [-0.39, 0.29) is 10.6 Å². The molecule has 0 saturated heterocycles. The van der Waals surface area contributed by atoms with Crippen LogP contribution in [0.15, 0.2) is 36.4 Å². The molecule has 0 spiro atoms. The van der Waals surface area contributed by atoms with Gasteiger partial charge in [-0.2, -0.15) is 13.2 Å². The van der Waals surface area contributed by atoms with E-state index in [0.29, 0.717) is 16.3 Å². The molecule has 154 valence electrons. The van der Waals surface area contributed by atoms with Crippen molar-refractivity contribution in [3.8, 4) is 5.75 Å². The molecular formula is C19H15ClF3NO4S. The fourth-order valence-corrected chi connectivity index (χ4v) is 3.56. The van der Waals surface area contributed by atoms with Crippen molar-refractivity contribution in [2.45, 2.75) is 24.8 Å². The van der Waals surface area contributed by atoms with Crippen LogP contribution in [0.5, 0.6) is 5.75 Å². The fraction of sp³-hybridized carbons (Fsp3) is 0.263. The molecule has 0 aromatic heterocycles.